The molecule has 2 aliphatic rings. The fourth-order valence-corrected chi connectivity index (χ4v) is 3.28. The first-order valence-electron chi connectivity index (χ1n) is 8.48. The number of benzene rings is 1. The Morgan fingerprint density at radius 2 is 1.67 bits per heavy atom. The van der Waals surface area contributed by atoms with Gasteiger partial charge in [-0.1, -0.05) is 49.6 Å². The largest absolute Gasteiger partial charge is 0.480 e. The van der Waals surface area contributed by atoms with Crippen LogP contribution in [0.2, 0.25) is 0 Å². The lowest BCUT2D eigenvalue weighted by Gasteiger charge is -2.28. The SMILES string of the molecule is NC1(C(=O)O)CCCCC1.O=C(O)[C@@H]1CC[C@H](c2ccccc2)N1. The summed E-state index contributed by atoms with van der Waals surface area (Å²) < 4.78 is 0. The molecular weight excluding hydrogens is 308 g/mol. The third kappa shape index (κ3) is 4.79. The van der Waals surface area contributed by atoms with E-state index in [0.717, 1.165) is 32.1 Å². The van der Waals surface area contributed by atoms with E-state index in [2.05, 4.69) is 5.32 Å². The van der Waals surface area contributed by atoms with E-state index in [9.17, 15) is 9.59 Å². The van der Waals surface area contributed by atoms with Crippen LogP contribution in [0.25, 0.3) is 0 Å². The van der Waals surface area contributed by atoms with E-state index in [1.807, 2.05) is 30.3 Å². The van der Waals surface area contributed by atoms with Crippen LogP contribution in [0.3, 0.4) is 0 Å². The van der Waals surface area contributed by atoms with Crippen molar-refractivity contribution in [1.29, 1.82) is 0 Å². The van der Waals surface area contributed by atoms with Crippen LogP contribution in [0.4, 0.5) is 0 Å². The number of carboxylic acids is 2. The topological polar surface area (TPSA) is 113 Å². The summed E-state index contributed by atoms with van der Waals surface area (Å²) in [7, 11) is 0. The predicted molar refractivity (Wildman–Crippen MR) is 90.6 cm³/mol. The fourth-order valence-electron chi connectivity index (χ4n) is 3.28. The summed E-state index contributed by atoms with van der Waals surface area (Å²) in [6.07, 6.45) is 5.96. The standard InChI is InChI=1S/C11H13NO2.C7H13NO2/c13-11(14)10-7-6-9(12-10)8-4-2-1-3-5-8;8-7(6(9)10)4-2-1-3-5-7/h1-5,9-10,12H,6-7H2,(H,13,14);1-5,8H2,(H,9,10)/t9-,10+;/m1./s1. The number of hydrogen-bond donors (Lipinski definition) is 4. The van der Waals surface area contributed by atoms with E-state index in [4.69, 9.17) is 15.9 Å². The van der Waals surface area contributed by atoms with Gasteiger partial charge in [-0.15, -0.1) is 0 Å². The van der Waals surface area contributed by atoms with Crippen molar-refractivity contribution >= 4 is 11.9 Å². The zero-order chi connectivity index (χ0) is 17.6. The van der Waals surface area contributed by atoms with Crippen LogP contribution >= 0.6 is 0 Å². The molecule has 1 saturated heterocycles. The summed E-state index contributed by atoms with van der Waals surface area (Å²) in [6.45, 7) is 0. The van der Waals surface area contributed by atoms with Crippen LogP contribution in [0.15, 0.2) is 30.3 Å². The minimum atomic E-state index is -0.905. The summed E-state index contributed by atoms with van der Waals surface area (Å²) in [6, 6.07) is 9.81. The highest BCUT2D eigenvalue weighted by atomic mass is 16.4. The number of carboxylic acid groups (broad SMARTS) is 2. The minimum Gasteiger partial charge on any atom is -0.480 e. The number of nitrogens with two attached hydrogens (primary N) is 1. The predicted octanol–water partition coefficient (Wildman–Crippen LogP) is 2.30. The Bertz CT molecular complexity index is 555. The zero-order valence-corrected chi connectivity index (χ0v) is 13.8. The first-order chi connectivity index (χ1) is 11.4. The molecule has 1 aliphatic carbocycles. The second kappa shape index (κ2) is 8.26. The maximum absolute atomic E-state index is 10.7. The van der Waals surface area contributed by atoms with Crippen LogP contribution < -0.4 is 11.1 Å². The molecule has 1 aromatic carbocycles. The zero-order valence-electron chi connectivity index (χ0n) is 13.8. The van der Waals surface area contributed by atoms with Gasteiger partial charge >= 0.3 is 11.9 Å². The molecule has 0 bridgehead atoms. The maximum Gasteiger partial charge on any atom is 0.323 e. The quantitative estimate of drug-likeness (QED) is 0.675. The maximum atomic E-state index is 10.7. The van der Waals surface area contributed by atoms with Crippen LogP contribution in [0.5, 0.6) is 0 Å². The molecule has 6 heteroatoms. The Morgan fingerprint density at radius 1 is 1.04 bits per heavy atom. The third-order valence-electron chi connectivity index (χ3n) is 4.82. The van der Waals surface area contributed by atoms with E-state index in [1.54, 1.807) is 0 Å². The number of hydrogen-bond acceptors (Lipinski definition) is 4. The molecule has 0 aromatic heterocycles. The highest BCUT2D eigenvalue weighted by Gasteiger charge is 2.34. The smallest absolute Gasteiger partial charge is 0.323 e. The van der Waals surface area contributed by atoms with Crippen molar-refractivity contribution in [2.75, 3.05) is 0 Å². The van der Waals surface area contributed by atoms with Crippen LogP contribution in [-0.2, 0) is 9.59 Å². The van der Waals surface area contributed by atoms with E-state index in [0.29, 0.717) is 12.8 Å². The van der Waals surface area contributed by atoms with Gasteiger partial charge in [0.25, 0.3) is 0 Å². The Kier molecular flexibility index (Phi) is 6.34. The lowest BCUT2D eigenvalue weighted by molar-refractivity contribution is -0.144. The van der Waals surface area contributed by atoms with Gasteiger partial charge in [0.2, 0.25) is 0 Å². The molecule has 3 rings (SSSR count). The molecular formula is C18H26N2O4. The molecule has 1 heterocycles. The van der Waals surface area contributed by atoms with Crippen molar-refractivity contribution in [3.05, 3.63) is 35.9 Å². The van der Waals surface area contributed by atoms with E-state index in [-0.39, 0.29) is 12.1 Å². The Hall–Kier alpha value is -1.92. The van der Waals surface area contributed by atoms with E-state index < -0.39 is 17.5 Å². The molecule has 1 saturated carbocycles. The lowest BCUT2D eigenvalue weighted by atomic mass is 9.83. The van der Waals surface area contributed by atoms with Crippen molar-refractivity contribution in [2.24, 2.45) is 5.73 Å². The van der Waals surface area contributed by atoms with Crippen molar-refractivity contribution in [1.82, 2.24) is 5.32 Å². The number of carbonyl (C=O) groups is 2. The second-order valence-corrected chi connectivity index (χ2v) is 6.62. The molecule has 24 heavy (non-hydrogen) atoms. The van der Waals surface area contributed by atoms with E-state index >= 15 is 0 Å². The van der Waals surface area contributed by atoms with Gasteiger partial charge in [0.15, 0.2) is 0 Å². The Balaban J connectivity index is 0.000000185. The average Bonchev–Trinajstić information content (AvgIpc) is 3.07. The fraction of sp³-hybridized carbons (Fsp3) is 0.556. The Labute approximate surface area is 142 Å². The number of rotatable bonds is 3. The molecule has 132 valence electrons. The van der Waals surface area contributed by atoms with Gasteiger partial charge in [-0.2, -0.15) is 0 Å². The van der Waals surface area contributed by atoms with Crippen molar-refractivity contribution in [3.8, 4) is 0 Å². The molecule has 1 aliphatic heterocycles. The van der Waals surface area contributed by atoms with E-state index in [1.165, 1.54) is 5.56 Å². The van der Waals surface area contributed by atoms with Crippen molar-refractivity contribution in [2.45, 2.75) is 62.6 Å². The summed E-state index contributed by atoms with van der Waals surface area (Å²) in [5, 5.41) is 20.6. The van der Waals surface area contributed by atoms with Gasteiger partial charge in [-0.3, -0.25) is 14.9 Å². The van der Waals surface area contributed by atoms with Crippen molar-refractivity contribution < 1.29 is 19.8 Å². The number of nitrogens with one attached hydrogen (secondary N) is 1. The summed E-state index contributed by atoms with van der Waals surface area (Å²) in [4.78, 5) is 21.3. The molecule has 0 radical (unpaired) electrons. The highest BCUT2D eigenvalue weighted by Crippen LogP contribution is 2.26. The molecule has 1 aromatic rings. The molecule has 0 spiro atoms. The van der Waals surface area contributed by atoms with Gasteiger partial charge in [-0.25, -0.2) is 0 Å². The van der Waals surface area contributed by atoms with Gasteiger partial charge < -0.3 is 15.9 Å². The summed E-state index contributed by atoms with van der Waals surface area (Å²) in [5.41, 5.74) is 5.87. The highest BCUT2D eigenvalue weighted by molar-refractivity contribution is 5.78. The van der Waals surface area contributed by atoms with Crippen LogP contribution in [0.1, 0.15) is 56.6 Å². The first-order valence-corrected chi connectivity index (χ1v) is 8.48. The molecule has 2 atom stereocenters. The monoisotopic (exact) mass is 334 g/mol. The van der Waals surface area contributed by atoms with Gasteiger partial charge in [0, 0.05) is 6.04 Å². The van der Waals surface area contributed by atoms with Gasteiger partial charge in [0.1, 0.15) is 11.6 Å². The lowest BCUT2D eigenvalue weighted by Crippen LogP contribution is -2.49. The minimum absolute atomic E-state index is 0.206. The van der Waals surface area contributed by atoms with Gasteiger partial charge in [0.05, 0.1) is 0 Å². The molecule has 6 nitrogen and oxygen atoms in total. The molecule has 5 N–H and O–H groups in total. The van der Waals surface area contributed by atoms with Crippen LogP contribution in [0, 0.1) is 0 Å². The first kappa shape index (κ1) is 18.4. The summed E-state index contributed by atoms with van der Waals surface area (Å²) >= 11 is 0. The summed E-state index contributed by atoms with van der Waals surface area (Å²) in [5.74, 6) is -1.59. The van der Waals surface area contributed by atoms with Crippen molar-refractivity contribution in [3.63, 3.8) is 0 Å². The molecule has 0 unspecified atom stereocenters. The second-order valence-electron chi connectivity index (χ2n) is 6.62. The molecule has 0 amide bonds. The van der Waals surface area contributed by atoms with Crippen LogP contribution in [-0.4, -0.2) is 33.7 Å². The molecule has 2 fully saturated rings. The Morgan fingerprint density at radius 3 is 2.12 bits per heavy atom. The third-order valence-corrected chi connectivity index (χ3v) is 4.82. The average molecular weight is 334 g/mol. The number of aliphatic carboxylic acids is 2. The van der Waals surface area contributed by atoms with Gasteiger partial charge in [-0.05, 0) is 31.2 Å². The normalized spacial score (nSPS) is 25.4.